The molecule has 2 rings (SSSR count). The number of sulfonamides is 1. The van der Waals surface area contributed by atoms with Gasteiger partial charge in [0.1, 0.15) is 4.21 Å². The van der Waals surface area contributed by atoms with Crippen molar-refractivity contribution in [1.82, 2.24) is 9.62 Å². The molecule has 1 unspecified atom stereocenters. The Morgan fingerprint density at radius 3 is 3.00 bits per heavy atom. The second-order valence-corrected chi connectivity index (χ2v) is 7.65. The predicted octanol–water partition coefficient (Wildman–Crippen LogP) is 1.90. The summed E-state index contributed by atoms with van der Waals surface area (Å²) in [5.74, 6) is 0. The van der Waals surface area contributed by atoms with Crippen molar-refractivity contribution in [2.24, 2.45) is 0 Å². The van der Waals surface area contributed by atoms with Crippen molar-refractivity contribution < 1.29 is 8.42 Å². The molecule has 1 fully saturated rings. The summed E-state index contributed by atoms with van der Waals surface area (Å²) in [5, 5.41) is 1.78. The first-order valence-corrected chi connectivity index (χ1v) is 8.73. The van der Waals surface area contributed by atoms with Gasteiger partial charge in [-0.05, 0) is 37.8 Å². The summed E-state index contributed by atoms with van der Waals surface area (Å²) >= 11 is 1.25. The van der Waals surface area contributed by atoms with Crippen LogP contribution in [0.25, 0.3) is 0 Å². The molecule has 0 aliphatic carbocycles. The lowest BCUT2D eigenvalue weighted by Gasteiger charge is -2.33. The molecule has 102 valence electrons. The van der Waals surface area contributed by atoms with Crippen molar-refractivity contribution in [3.05, 3.63) is 17.5 Å². The van der Waals surface area contributed by atoms with Crippen molar-refractivity contribution in [1.29, 1.82) is 0 Å². The number of hydrogen-bond donors (Lipinski definition) is 1. The van der Waals surface area contributed by atoms with Gasteiger partial charge in [-0.2, -0.15) is 0 Å². The largest absolute Gasteiger partial charge is 0.299 e. The first-order chi connectivity index (χ1) is 8.59. The number of hydrogen-bond acceptors (Lipinski definition) is 4. The zero-order valence-electron chi connectivity index (χ0n) is 10.6. The average Bonchev–Trinajstić information content (AvgIpc) is 2.86. The molecule has 1 atom stereocenters. The van der Waals surface area contributed by atoms with Crippen LogP contribution in [0.4, 0.5) is 0 Å². The predicted molar refractivity (Wildman–Crippen MR) is 74.4 cm³/mol. The summed E-state index contributed by atoms with van der Waals surface area (Å²) in [6.45, 7) is 4.59. The molecule has 1 aliphatic rings. The van der Waals surface area contributed by atoms with Crippen LogP contribution in [-0.2, 0) is 10.0 Å². The molecule has 0 amide bonds. The van der Waals surface area contributed by atoms with Crippen LogP contribution in [0.15, 0.2) is 21.7 Å². The fraction of sp³-hybridized carbons (Fsp3) is 0.667. The fourth-order valence-corrected chi connectivity index (χ4v) is 4.36. The molecule has 1 aromatic heterocycles. The van der Waals surface area contributed by atoms with E-state index in [1.807, 2.05) is 0 Å². The second-order valence-electron chi connectivity index (χ2n) is 4.71. The lowest BCUT2D eigenvalue weighted by molar-refractivity contribution is 0.164. The van der Waals surface area contributed by atoms with Crippen LogP contribution in [0.1, 0.15) is 26.2 Å². The van der Waals surface area contributed by atoms with E-state index in [2.05, 4.69) is 16.5 Å². The minimum Gasteiger partial charge on any atom is -0.299 e. The van der Waals surface area contributed by atoms with E-state index >= 15 is 0 Å². The second kappa shape index (κ2) is 6.14. The average molecular weight is 288 g/mol. The third-order valence-electron chi connectivity index (χ3n) is 3.39. The Hall–Kier alpha value is -0.430. The topological polar surface area (TPSA) is 49.4 Å². The van der Waals surface area contributed by atoms with E-state index in [9.17, 15) is 8.42 Å². The molecule has 0 aromatic carbocycles. The molecular formula is C12H20N2O2S2. The number of thiophene rings is 1. The quantitative estimate of drug-likeness (QED) is 0.900. The van der Waals surface area contributed by atoms with Gasteiger partial charge in [-0.15, -0.1) is 11.3 Å². The number of nitrogens with one attached hydrogen (secondary N) is 1. The standard InChI is InChI=1S/C12H20N2O2S2/c1-11-5-2-3-8-14(11)9-7-13-18(15,16)12-6-4-10-17-12/h4,6,10-11,13H,2-3,5,7-9H2,1H3. The molecular weight excluding hydrogens is 268 g/mol. The maximum atomic E-state index is 11.9. The van der Waals surface area contributed by atoms with Gasteiger partial charge < -0.3 is 0 Å². The number of nitrogens with zero attached hydrogens (tertiary/aromatic N) is 1. The van der Waals surface area contributed by atoms with E-state index in [4.69, 9.17) is 0 Å². The normalized spacial score (nSPS) is 22.2. The Kier molecular flexibility index (Phi) is 4.77. The lowest BCUT2D eigenvalue weighted by Crippen LogP contribution is -2.42. The first-order valence-electron chi connectivity index (χ1n) is 6.37. The van der Waals surface area contributed by atoms with Gasteiger partial charge in [0.25, 0.3) is 0 Å². The van der Waals surface area contributed by atoms with E-state index in [0.29, 0.717) is 16.8 Å². The van der Waals surface area contributed by atoms with E-state index in [1.54, 1.807) is 17.5 Å². The zero-order chi connectivity index (χ0) is 13.0. The molecule has 2 heterocycles. The SMILES string of the molecule is CC1CCCCN1CCNS(=O)(=O)c1cccs1. The van der Waals surface area contributed by atoms with Crippen molar-refractivity contribution in [3.8, 4) is 0 Å². The number of piperidine rings is 1. The molecule has 18 heavy (non-hydrogen) atoms. The van der Waals surface area contributed by atoms with Crippen LogP contribution in [0.2, 0.25) is 0 Å². The Morgan fingerprint density at radius 2 is 2.33 bits per heavy atom. The van der Waals surface area contributed by atoms with Crippen molar-refractivity contribution in [3.63, 3.8) is 0 Å². The Bertz CT molecular complexity index is 456. The fourth-order valence-electron chi connectivity index (χ4n) is 2.30. The molecule has 0 saturated carbocycles. The third-order valence-corrected chi connectivity index (χ3v) is 6.25. The first kappa shape index (κ1) is 14.0. The minimum absolute atomic E-state index is 0.397. The molecule has 1 aromatic rings. The molecule has 1 saturated heterocycles. The molecule has 0 bridgehead atoms. The van der Waals surface area contributed by atoms with Gasteiger partial charge in [0, 0.05) is 19.1 Å². The monoisotopic (exact) mass is 288 g/mol. The van der Waals surface area contributed by atoms with E-state index < -0.39 is 10.0 Å². The van der Waals surface area contributed by atoms with E-state index in [0.717, 1.165) is 13.1 Å². The van der Waals surface area contributed by atoms with Gasteiger partial charge >= 0.3 is 0 Å². The van der Waals surface area contributed by atoms with Crippen molar-refractivity contribution in [2.75, 3.05) is 19.6 Å². The van der Waals surface area contributed by atoms with Crippen LogP contribution in [0.3, 0.4) is 0 Å². The minimum atomic E-state index is -3.29. The van der Waals surface area contributed by atoms with Gasteiger partial charge in [-0.25, -0.2) is 13.1 Å². The van der Waals surface area contributed by atoms with Gasteiger partial charge in [0.15, 0.2) is 0 Å². The van der Waals surface area contributed by atoms with Crippen LogP contribution in [-0.4, -0.2) is 39.0 Å². The van der Waals surface area contributed by atoms with Gasteiger partial charge in [-0.3, -0.25) is 4.90 Å². The van der Waals surface area contributed by atoms with Gasteiger partial charge in [0.05, 0.1) is 0 Å². The highest BCUT2D eigenvalue weighted by atomic mass is 32.2. The summed E-state index contributed by atoms with van der Waals surface area (Å²) in [7, 11) is -3.29. The molecule has 1 N–H and O–H groups in total. The molecule has 4 nitrogen and oxygen atoms in total. The number of likely N-dealkylation sites (tertiary alicyclic amines) is 1. The maximum absolute atomic E-state index is 11.9. The van der Waals surface area contributed by atoms with Crippen molar-refractivity contribution in [2.45, 2.75) is 36.4 Å². The summed E-state index contributed by atoms with van der Waals surface area (Å²) in [6, 6.07) is 3.97. The van der Waals surface area contributed by atoms with Crippen LogP contribution < -0.4 is 4.72 Å². The molecule has 1 aliphatic heterocycles. The van der Waals surface area contributed by atoms with Gasteiger partial charge in [-0.1, -0.05) is 12.5 Å². The molecule has 0 spiro atoms. The van der Waals surface area contributed by atoms with Gasteiger partial charge in [0.2, 0.25) is 10.0 Å². The highest BCUT2D eigenvalue weighted by Crippen LogP contribution is 2.17. The molecule has 0 radical (unpaired) electrons. The third kappa shape index (κ3) is 3.54. The highest BCUT2D eigenvalue weighted by molar-refractivity contribution is 7.91. The smallest absolute Gasteiger partial charge is 0.250 e. The summed E-state index contributed by atoms with van der Waals surface area (Å²) in [4.78, 5) is 2.36. The van der Waals surface area contributed by atoms with Crippen molar-refractivity contribution >= 4 is 21.4 Å². The Morgan fingerprint density at radius 1 is 1.50 bits per heavy atom. The highest BCUT2D eigenvalue weighted by Gasteiger charge is 2.19. The van der Waals surface area contributed by atoms with E-state index in [-0.39, 0.29) is 0 Å². The van der Waals surface area contributed by atoms with E-state index in [1.165, 1.54) is 30.6 Å². The van der Waals surface area contributed by atoms with Crippen LogP contribution in [0, 0.1) is 0 Å². The Labute approximate surface area is 113 Å². The summed E-state index contributed by atoms with van der Waals surface area (Å²) < 4.78 is 26.9. The van der Waals surface area contributed by atoms with Crippen LogP contribution >= 0.6 is 11.3 Å². The zero-order valence-corrected chi connectivity index (χ0v) is 12.3. The number of rotatable bonds is 5. The molecule has 6 heteroatoms. The summed E-state index contributed by atoms with van der Waals surface area (Å²) in [6.07, 6.45) is 3.73. The Balaban J connectivity index is 1.81. The lowest BCUT2D eigenvalue weighted by atomic mass is 10.0. The maximum Gasteiger partial charge on any atom is 0.250 e. The summed E-state index contributed by atoms with van der Waals surface area (Å²) in [5.41, 5.74) is 0. The van der Waals surface area contributed by atoms with Crippen LogP contribution in [0.5, 0.6) is 0 Å².